The van der Waals surface area contributed by atoms with Crippen LogP contribution in [0.2, 0.25) is 0 Å². The van der Waals surface area contributed by atoms with Crippen molar-refractivity contribution in [2.75, 3.05) is 18.6 Å². The normalized spacial score (nSPS) is 14.5. The first-order valence-corrected chi connectivity index (χ1v) is 6.30. The van der Waals surface area contributed by atoms with E-state index in [1.54, 1.807) is 23.9 Å². The van der Waals surface area contributed by atoms with Crippen LogP contribution in [0, 0.1) is 6.92 Å². The highest BCUT2D eigenvalue weighted by molar-refractivity contribution is 7.83. The number of fused-ring (bicyclic) bond motifs is 1. The van der Waals surface area contributed by atoms with Crippen LogP contribution >= 0.6 is 0 Å². The van der Waals surface area contributed by atoms with Crippen LogP contribution in [0.4, 0.5) is 5.69 Å². The minimum Gasteiger partial charge on any atom is -0.486 e. The second kappa shape index (κ2) is 4.40. The molecule has 8 heteroatoms. The fraction of sp³-hybridized carbons (Fsp3) is 0.333. The van der Waals surface area contributed by atoms with Crippen molar-refractivity contribution in [1.82, 2.24) is 4.83 Å². The molecule has 1 aromatic carbocycles. The van der Waals surface area contributed by atoms with Crippen molar-refractivity contribution in [2.24, 2.45) is 0 Å². The van der Waals surface area contributed by atoms with E-state index in [4.69, 9.17) is 14.0 Å². The van der Waals surface area contributed by atoms with Crippen LogP contribution in [0.3, 0.4) is 0 Å². The highest BCUT2D eigenvalue weighted by Crippen LogP contribution is 2.34. The Morgan fingerprint density at radius 1 is 1.24 bits per heavy atom. The largest absolute Gasteiger partial charge is 0.486 e. The van der Waals surface area contributed by atoms with Crippen LogP contribution in [0.25, 0.3) is 0 Å². The van der Waals surface area contributed by atoms with Gasteiger partial charge in [0.1, 0.15) is 13.2 Å². The molecule has 94 valence electrons. The third kappa shape index (κ3) is 2.99. The first-order valence-electron chi connectivity index (χ1n) is 4.86. The zero-order valence-corrected chi connectivity index (χ0v) is 9.87. The number of rotatable bonds is 3. The van der Waals surface area contributed by atoms with Crippen molar-refractivity contribution in [3.63, 3.8) is 0 Å². The van der Waals surface area contributed by atoms with Gasteiger partial charge in [-0.25, -0.2) is 0 Å². The number of aryl methyl sites for hydroxylation is 1. The number of nitrogens with one attached hydrogen (secondary N) is 2. The van der Waals surface area contributed by atoms with Gasteiger partial charge < -0.3 is 14.9 Å². The SMILES string of the molecule is Cc1cc2c(cc1NNS(=O)(=O)O)OCCO2. The van der Waals surface area contributed by atoms with Crippen LogP contribution in [-0.4, -0.2) is 26.2 Å². The van der Waals surface area contributed by atoms with E-state index < -0.39 is 10.3 Å². The summed E-state index contributed by atoms with van der Waals surface area (Å²) in [4.78, 5) is 1.77. The molecule has 0 unspecified atom stereocenters. The third-order valence-electron chi connectivity index (χ3n) is 2.20. The van der Waals surface area contributed by atoms with E-state index in [0.29, 0.717) is 30.4 Å². The summed E-state index contributed by atoms with van der Waals surface area (Å²) in [5.41, 5.74) is 3.61. The van der Waals surface area contributed by atoms with Crippen molar-refractivity contribution < 1.29 is 22.4 Å². The number of hydrazine groups is 1. The molecule has 0 fully saturated rings. The van der Waals surface area contributed by atoms with Crippen molar-refractivity contribution >= 4 is 16.0 Å². The highest BCUT2D eigenvalue weighted by Gasteiger charge is 2.14. The van der Waals surface area contributed by atoms with E-state index in [-0.39, 0.29) is 0 Å². The quantitative estimate of drug-likeness (QED) is 0.540. The molecule has 1 aromatic rings. The van der Waals surface area contributed by atoms with Gasteiger partial charge in [-0.3, -0.25) is 4.55 Å². The molecule has 1 aliphatic rings. The van der Waals surface area contributed by atoms with Gasteiger partial charge in [-0.05, 0) is 18.6 Å². The fourth-order valence-electron chi connectivity index (χ4n) is 1.44. The van der Waals surface area contributed by atoms with Crippen LogP contribution in [0.1, 0.15) is 5.56 Å². The standard InChI is InChI=1S/C9H12N2O5S/c1-6-4-8-9(16-3-2-15-8)5-7(6)10-11-17(12,13)14/h4-5,10-11H,2-3H2,1H3,(H,12,13,14). The van der Waals surface area contributed by atoms with Gasteiger partial charge in [-0.15, -0.1) is 4.83 Å². The molecule has 3 N–H and O–H groups in total. The summed E-state index contributed by atoms with van der Waals surface area (Å²) in [7, 11) is -4.29. The summed E-state index contributed by atoms with van der Waals surface area (Å²) in [5.74, 6) is 1.15. The van der Waals surface area contributed by atoms with Crippen molar-refractivity contribution in [3.05, 3.63) is 17.7 Å². The summed E-state index contributed by atoms with van der Waals surface area (Å²) in [6.45, 7) is 2.70. The Labute approximate surface area is 98.6 Å². The minimum atomic E-state index is -4.29. The molecule has 0 aliphatic carbocycles. The topological polar surface area (TPSA) is 96.9 Å². The Morgan fingerprint density at radius 2 is 1.82 bits per heavy atom. The van der Waals surface area contributed by atoms with E-state index in [0.717, 1.165) is 5.56 Å². The third-order valence-corrected chi connectivity index (χ3v) is 2.56. The molecule has 1 aliphatic heterocycles. The fourth-order valence-corrected chi connectivity index (χ4v) is 1.68. The monoisotopic (exact) mass is 260 g/mol. The van der Waals surface area contributed by atoms with Crippen LogP contribution in [0.15, 0.2) is 12.1 Å². The summed E-state index contributed by atoms with van der Waals surface area (Å²) in [5, 5.41) is 0. The van der Waals surface area contributed by atoms with Crippen LogP contribution < -0.4 is 19.7 Å². The number of benzene rings is 1. The summed E-state index contributed by atoms with van der Waals surface area (Å²) < 4.78 is 40.3. The number of hydrogen-bond acceptors (Lipinski definition) is 5. The van der Waals surface area contributed by atoms with E-state index in [1.165, 1.54) is 0 Å². The number of ether oxygens (including phenoxy) is 2. The first-order chi connectivity index (χ1) is 7.96. The average Bonchev–Trinajstić information content (AvgIpc) is 2.25. The van der Waals surface area contributed by atoms with Gasteiger partial charge in [-0.1, -0.05) is 0 Å². The van der Waals surface area contributed by atoms with Crippen molar-refractivity contribution in [2.45, 2.75) is 6.92 Å². The Balaban J connectivity index is 2.23. The zero-order chi connectivity index (χ0) is 12.5. The molecule has 2 rings (SSSR count). The molecule has 0 saturated heterocycles. The van der Waals surface area contributed by atoms with E-state index in [1.807, 2.05) is 0 Å². The lowest BCUT2D eigenvalue weighted by Crippen LogP contribution is -2.29. The van der Waals surface area contributed by atoms with Crippen LogP contribution in [-0.2, 0) is 10.3 Å². The maximum atomic E-state index is 10.5. The number of hydrogen-bond donors (Lipinski definition) is 3. The van der Waals surface area contributed by atoms with Gasteiger partial charge in [0, 0.05) is 6.07 Å². The minimum absolute atomic E-state index is 0.446. The lowest BCUT2D eigenvalue weighted by atomic mass is 10.2. The molecule has 0 saturated carbocycles. The Bertz CT molecular complexity index is 528. The second-order valence-electron chi connectivity index (χ2n) is 3.51. The molecule has 0 aromatic heterocycles. The van der Waals surface area contributed by atoms with Crippen molar-refractivity contribution in [1.29, 1.82) is 0 Å². The maximum absolute atomic E-state index is 10.5. The number of anilines is 1. The smallest absolute Gasteiger partial charge is 0.350 e. The molecule has 0 bridgehead atoms. The summed E-state index contributed by atoms with van der Waals surface area (Å²) >= 11 is 0. The predicted octanol–water partition coefficient (Wildman–Crippen LogP) is 0.486. The molecule has 0 spiro atoms. The Hall–Kier alpha value is -1.51. The average molecular weight is 260 g/mol. The van der Waals surface area contributed by atoms with Gasteiger partial charge in [-0.2, -0.15) is 8.42 Å². The predicted molar refractivity (Wildman–Crippen MR) is 60.5 cm³/mol. The Kier molecular flexibility index (Phi) is 3.09. The molecule has 1 heterocycles. The van der Waals surface area contributed by atoms with Crippen molar-refractivity contribution in [3.8, 4) is 11.5 Å². The Morgan fingerprint density at radius 3 is 2.41 bits per heavy atom. The first kappa shape index (κ1) is 12.0. The summed E-state index contributed by atoms with van der Waals surface area (Å²) in [6, 6.07) is 3.32. The maximum Gasteiger partial charge on any atom is 0.350 e. The van der Waals surface area contributed by atoms with Gasteiger partial charge in [0.05, 0.1) is 5.69 Å². The zero-order valence-electron chi connectivity index (χ0n) is 9.06. The van der Waals surface area contributed by atoms with E-state index in [2.05, 4.69) is 5.43 Å². The van der Waals surface area contributed by atoms with Gasteiger partial charge in [0.15, 0.2) is 11.5 Å². The van der Waals surface area contributed by atoms with Gasteiger partial charge in [0.25, 0.3) is 0 Å². The lowest BCUT2D eigenvalue weighted by Gasteiger charge is -2.20. The van der Waals surface area contributed by atoms with E-state index in [9.17, 15) is 8.42 Å². The molecular formula is C9H12N2O5S. The highest BCUT2D eigenvalue weighted by atomic mass is 32.2. The van der Waals surface area contributed by atoms with Gasteiger partial charge >= 0.3 is 10.3 Å². The van der Waals surface area contributed by atoms with Gasteiger partial charge in [0.2, 0.25) is 0 Å². The molecular weight excluding hydrogens is 248 g/mol. The lowest BCUT2D eigenvalue weighted by molar-refractivity contribution is 0.171. The van der Waals surface area contributed by atoms with Crippen LogP contribution in [0.5, 0.6) is 11.5 Å². The molecule has 0 radical (unpaired) electrons. The molecule has 0 atom stereocenters. The van der Waals surface area contributed by atoms with E-state index >= 15 is 0 Å². The molecule has 7 nitrogen and oxygen atoms in total. The summed E-state index contributed by atoms with van der Waals surface area (Å²) in [6.07, 6.45) is 0. The second-order valence-corrected chi connectivity index (χ2v) is 4.67. The molecule has 17 heavy (non-hydrogen) atoms. The molecule has 0 amide bonds.